The minimum Gasteiger partial charge on any atom is -0.507 e. The molecule has 0 amide bonds. The minimum absolute atomic E-state index is 0.365. The first-order valence-electron chi connectivity index (χ1n) is 7.64. The van der Waals surface area contributed by atoms with Crippen molar-refractivity contribution in [3.63, 3.8) is 0 Å². The van der Waals surface area contributed by atoms with Gasteiger partial charge in [-0.3, -0.25) is 4.90 Å². The van der Waals surface area contributed by atoms with Gasteiger partial charge in [-0.25, -0.2) is 0 Å². The molecule has 2 nitrogen and oxygen atoms in total. The molecule has 1 saturated heterocycles. The molecule has 1 fully saturated rings. The van der Waals surface area contributed by atoms with E-state index in [0.717, 1.165) is 17.7 Å². The van der Waals surface area contributed by atoms with E-state index in [9.17, 15) is 5.11 Å². The largest absolute Gasteiger partial charge is 0.507 e. The average Bonchev–Trinajstić information content (AvgIpc) is 2.41. The Labute approximate surface area is 127 Å². The van der Waals surface area contributed by atoms with Gasteiger partial charge < -0.3 is 5.11 Å². The van der Waals surface area contributed by atoms with Crippen LogP contribution in [-0.4, -0.2) is 34.6 Å². The second-order valence-electron chi connectivity index (χ2n) is 6.32. The number of nitrogens with zero attached hydrogens (tertiary/aromatic N) is 1. The summed E-state index contributed by atoms with van der Waals surface area (Å²) in [5.41, 5.74) is 3.54. The van der Waals surface area contributed by atoms with Crippen molar-refractivity contribution < 1.29 is 5.11 Å². The van der Waals surface area contributed by atoms with E-state index in [1.54, 1.807) is 0 Å². The van der Waals surface area contributed by atoms with E-state index >= 15 is 0 Å². The Balaban J connectivity index is 2.27. The topological polar surface area (TPSA) is 23.5 Å². The van der Waals surface area contributed by atoms with E-state index in [-0.39, 0.29) is 0 Å². The van der Waals surface area contributed by atoms with E-state index in [1.807, 2.05) is 11.8 Å². The first-order valence-corrected chi connectivity index (χ1v) is 8.80. The van der Waals surface area contributed by atoms with Crippen LogP contribution in [-0.2, 0) is 6.54 Å². The van der Waals surface area contributed by atoms with E-state index in [0.29, 0.717) is 17.6 Å². The van der Waals surface area contributed by atoms with Gasteiger partial charge in [-0.05, 0) is 28.5 Å². The number of phenols is 1. The van der Waals surface area contributed by atoms with Gasteiger partial charge >= 0.3 is 0 Å². The third kappa shape index (κ3) is 3.70. The molecule has 0 saturated carbocycles. The number of rotatable bonds is 4. The maximum atomic E-state index is 10.4. The van der Waals surface area contributed by atoms with Crippen molar-refractivity contribution >= 4 is 11.8 Å². The van der Waals surface area contributed by atoms with Crippen LogP contribution in [0.5, 0.6) is 5.75 Å². The maximum absolute atomic E-state index is 10.4. The van der Waals surface area contributed by atoms with Crippen molar-refractivity contribution in [1.29, 1.82) is 0 Å². The van der Waals surface area contributed by atoms with Gasteiger partial charge in [0.05, 0.1) is 0 Å². The van der Waals surface area contributed by atoms with E-state index in [2.05, 4.69) is 44.7 Å². The first-order chi connectivity index (χ1) is 9.49. The number of aromatic hydroxyl groups is 1. The highest BCUT2D eigenvalue weighted by Gasteiger charge is 2.17. The fourth-order valence-corrected chi connectivity index (χ4v) is 3.71. The summed E-state index contributed by atoms with van der Waals surface area (Å²) in [6, 6.07) is 4.40. The standard InChI is InChI=1S/C17H27NOS/c1-12(2)15-9-14(10-16(13(3)4)17(15)19)11-18-5-7-20-8-6-18/h9-10,12-13,19H,5-8,11H2,1-4H3. The number of phenolic OH excluding ortho intramolecular Hbond substituents is 1. The molecule has 2 rings (SSSR count). The SMILES string of the molecule is CC(C)c1cc(CN2CCSCC2)cc(C(C)C)c1O. The lowest BCUT2D eigenvalue weighted by molar-refractivity contribution is 0.294. The van der Waals surface area contributed by atoms with E-state index in [1.165, 1.54) is 30.2 Å². The van der Waals surface area contributed by atoms with Crippen molar-refractivity contribution in [2.45, 2.75) is 46.1 Å². The molecule has 0 unspecified atom stereocenters. The van der Waals surface area contributed by atoms with Gasteiger partial charge in [0.15, 0.2) is 0 Å². The van der Waals surface area contributed by atoms with Gasteiger partial charge in [0, 0.05) is 31.1 Å². The second kappa shape index (κ2) is 6.86. The van der Waals surface area contributed by atoms with Crippen LogP contribution in [0.25, 0.3) is 0 Å². The van der Waals surface area contributed by atoms with Crippen LogP contribution in [0.15, 0.2) is 12.1 Å². The lowest BCUT2D eigenvalue weighted by atomic mass is 9.91. The number of benzene rings is 1. The summed E-state index contributed by atoms with van der Waals surface area (Å²) in [6.45, 7) is 12.0. The van der Waals surface area contributed by atoms with Crippen LogP contribution in [0.1, 0.15) is 56.2 Å². The van der Waals surface area contributed by atoms with E-state index < -0.39 is 0 Å². The Hall–Kier alpha value is -0.670. The molecule has 0 spiro atoms. The normalized spacial score (nSPS) is 17.1. The van der Waals surface area contributed by atoms with Crippen molar-refractivity contribution in [1.82, 2.24) is 4.90 Å². The summed E-state index contributed by atoms with van der Waals surface area (Å²) in [5.74, 6) is 3.72. The van der Waals surface area contributed by atoms with Crippen molar-refractivity contribution in [3.8, 4) is 5.75 Å². The molecule has 1 aliphatic rings. The Bertz CT molecular complexity index is 421. The molecule has 112 valence electrons. The van der Waals surface area contributed by atoms with Gasteiger partial charge in [0.1, 0.15) is 5.75 Å². The van der Waals surface area contributed by atoms with Gasteiger partial charge in [-0.15, -0.1) is 0 Å². The van der Waals surface area contributed by atoms with Crippen LogP contribution in [0.4, 0.5) is 0 Å². The zero-order valence-electron chi connectivity index (χ0n) is 13.1. The molecule has 1 N–H and O–H groups in total. The predicted molar refractivity (Wildman–Crippen MR) is 88.9 cm³/mol. The average molecular weight is 293 g/mol. The third-order valence-electron chi connectivity index (χ3n) is 3.98. The molecule has 1 aromatic rings. The molecular weight excluding hydrogens is 266 g/mol. The van der Waals surface area contributed by atoms with Crippen LogP contribution < -0.4 is 0 Å². The molecule has 0 aliphatic carbocycles. The number of hydrogen-bond donors (Lipinski definition) is 1. The summed E-state index contributed by atoms with van der Waals surface area (Å²) in [6.07, 6.45) is 0. The van der Waals surface area contributed by atoms with Gasteiger partial charge in [-0.1, -0.05) is 39.8 Å². The summed E-state index contributed by atoms with van der Waals surface area (Å²) >= 11 is 2.05. The van der Waals surface area contributed by atoms with Gasteiger partial charge in [0.2, 0.25) is 0 Å². The lowest BCUT2D eigenvalue weighted by Crippen LogP contribution is -2.32. The highest BCUT2D eigenvalue weighted by Crippen LogP contribution is 2.35. The molecule has 0 radical (unpaired) electrons. The highest BCUT2D eigenvalue weighted by molar-refractivity contribution is 7.99. The highest BCUT2D eigenvalue weighted by atomic mass is 32.2. The quantitative estimate of drug-likeness (QED) is 0.900. The van der Waals surface area contributed by atoms with Crippen molar-refractivity contribution in [2.75, 3.05) is 24.6 Å². The summed E-state index contributed by atoms with van der Waals surface area (Å²) in [5, 5.41) is 10.4. The molecule has 1 aliphatic heterocycles. The van der Waals surface area contributed by atoms with Crippen molar-refractivity contribution in [3.05, 3.63) is 28.8 Å². The molecule has 20 heavy (non-hydrogen) atoms. The maximum Gasteiger partial charge on any atom is 0.122 e. The summed E-state index contributed by atoms with van der Waals surface area (Å²) in [7, 11) is 0. The number of hydrogen-bond acceptors (Lipinski definition) is 3. The van der Waals surface area contributed by atoms with Crippen LogP contribution in [0, 0.1) is 0 Å². The Kier molecular flexibility index (Phi) is 5.39. The third-order valence-corrected chi connectivity index (χ3v) is 4.93. The molecule has 1 heterocycles. The first kappa shape index (κ1) is 15.7. The Morgan fingerprint density at radius 2 is 1.55 bits per heavy atom. The molecule has 1 aromatic carbocycles. The van der Waals surface area contributed by atoms with Crippen LogP contribution in [0.2, 0.25) is 0 Å². The molecule has 0 atom stereocenters. The van der Waals surface area contributed by atoms with E-state index in [4.69, 9.17) is 0 Å². The Morgan fingerprint density at radius 1 is 1.05 bits per heavy atom. The summed E-state index contributed by atoms with van der Waals surface area (Å²) in [4.78, 5) is 2.52. The predicted octanol–water partition coefficient (Wildman–Crippen LogP) is 4.19. The van der Waals surface area contributed by atoms with Crippen molar-refractivity contribution in [2.24, 2.45) is 0 Å². The second-order valence-corrected chi connectivity index (χ2v) is 7.55. The van der Waals surface area contributed by atoms with Crippen LogP contribution >= 0.6 is 11.8 Å². The smallest absolute Gasteiger partial charge is 0.122 e. The molecule has 0 bridgehead atoms. The minimum atomic E-state index is 0.365. The molecular formula is C17H27NOS. The van der Waals surface area contributed by atoms with Gasteiger partial charge in [-0.2, -0.15) is 11.8 Å². The fraction of sp³-hybridized carbons (Fsp3) is 0.647. The lowest BCUT2D eigenvalue weighted by Gasteiger charge is -2.27. The van der Waals surface area contributed by atoms with Gasteiger partial charge in [0.25, 0.3) is 0 Å². The summed E-state index contributed by atoms with van der Waals surface area (Å²) < 4.78 is 0. The molecule has 0 aromatic heterocycles. The Morgan fingerprint density at radius 3 is 2.00 bits per heavy atom. The number of thioether (sulfide) groups is 1. The van der Waals surface area contributed by atoms with Crippen LogP contribution in [0.3, 0.4) is 0 Å². The zero-order chi connectivity index (χ0) is 14.7. The molecule has 3 heteroatoms. The zero-order valence-corrected chi connectivity index (χ0v) is 14.0. The monoisotopic (exact) mass is 293 g/mol. The fourth-order valence-electron chi connectivity index (χ4n) is 2.73.